The Bertz CT molecular complexity index is 1030. The molecule has 0 bridgehead atoms. The number of aromatic hydroxyl groups is 2. The third-order valence-electron chi connectivity index (χ3n) is 3.86. The lowest BCUT2D eigenvalue weighted by Gasteiger charge is -2.08. The second-order valence-corrected chi connectivity index (χ2v) is 6.54. The predicted octanol–water partition coefficient (Wildman–Crippen LogP) is 4.18. The summed E-state index contributed by atoms with van der Waals surface area (Å²) in [5.41, 5.74) is 3.13. The number of nitrogens with one attached hydrogen (secondary N) is 1. The highest BCUT2D eigenvalue weighted by Gasteiger charge is 2.12. The molecule has 3 N–H and O–H groups in total. The fraction of sp³-hybridized carbons (Fsp3) is 0.100. The van der Waals surface area contributed by atoms with Crippen LogP contribution in [0.3, 0.4) is 0 Å². The molecule has 3 aromatic carbocycles. The normalized spacial score (nSPS) is 11.0. The number of ether oxygens (including phenoxy) is 1. The number of fused-ring (bicyclic) bond motifs is 1. The maximum atomic E-state index is 12.3. The van der Waals surface area contributed by atoms with Crippen LogP contribution >= 0.6 is 15.9 Å². The lowest BCUT2D eigenvalue weighted by molar-refractivity contribution is 0.0952. The number of phenols is 2. The summed E-state index contributed by atoms with van der Waals surface area (Å²) in [5, 5.41) is 25.5. The largest absolute Gasteiger partial charge is 0.507 e. The molecular formula is C20H17BrN2O4. The molecule has 27 heavy (non-hydrogen) atoms. The maximum absolute atomic E-state index is 12.3. The molecule has 0 aliphatic carbocycles. The van der Waals surface area contributed by atoms with Gasteiger partial charge in [0.15, 0.2) is 11.5 Å². The monoisotopic (exact) mass is 428 g/mol. The first-order chi connectivity index (χ1) is 13.0. The second-order valence-electron chi connectivity index (χ2n) is 5.69. The van der Waals surface area contributed by atoms with Crippen LogP contribution in [0, 0.1) is 0 Å². The fourth-order valence-electron chi connectivity index (χ4n) is 2.56. The average Bonchev–Trinajstić information content (AvgIpc) is 2.64. The second kappa shape index (κ2) is 8.09. The van der Waals surface area contributed by atoms with Crippen molar-refractivity contribution in [2.45, 2.75) is 6.92 Å². The number of phenolic OH excluding ortho intramolecular Hbond substituents is 2. The number of hydrazone groups is 1. The van der Waals surface area contributed by atoms with Crippen molar-refractivity contribution in [2.24, 2.45) is 5.10 Å². The number of carbonyl (C=O) groups is 1. The lowest BCUT2D eigenvalue weighted by Crippen LogP contribution is -2.17. The molecule has 3 rings (SSSR count). The summed E-state index contributed by atoms with van der Waals surface area (Å²) in [7, 11) is 0. The van der Waals surface area contributed by atoms with E-state index < -0.39 is 5.91 Å². The molecule has 0 atom stereocenters. The third-order valence-corrected chi connectivity index (χ3v) is 4.54. The molecule has 0 saturated heterocycles. The molecule has 0 aliphatic heterocycles. The molecule has 1 amide bonds. The zero-order valence-corrected chi connectivity index (χ0v) is 16.0. The van der Waals surface area contributed by atoms with E-state index in [4.69, 9.17) is 4.74 Å². The maximum Gasteiger partial charge on any atom is 0.275 e. The van der Waals surface area contributed by atoms with Gasteiger partial charge in [-0.1, -0.05) is 24.3 Å². The van der Waals surface area contributed by atoms with E-state index in [0.29, 0.717) is 22.4 Å². The third kappa shape index (κ3) is 4.20. The average molecular weight is 429 g/mol. The van der Waals surface area contributed by atoms with Gasteiger partial charge in [0.2, 0.25) is 0 Å². The summed E-state index contributed by atoms with van der Waals surface area (Å²) in [5.74, 6) is -0.327. The zero-order valence-electron chi connectivity index (χ0n) is 14.4. The highest BCUT2D eigenvalue weighted by atomic mass is 79.9. The standard InChI is InChI=1S/C20H17BrN2O4/c1-2-27-19-9-14(16(21)10-18(19)25)11-22-23-20(26)15-7-12-5-3-4-6-13(12)8-17(15)24/h3-11,24-25H,2H2,1H3,(H,23,26)/b22-11+. The van der Waals surface area contributed by atoms with Gasteiger partial charge in [-0.05, 0) is 57.9 Å². The Morgan fingerprint density at radius 3 is 2.56 bits per heavy atom. The Morgan fingerprint density at radius 2 is 1.85 bits per heavy atom. The number of carbonyl (C=O) groups excluding carboxylic acids is 1. The molecule has 0 heterocycles. The van der Waals surface area contributed by atoms with Crippen LogP contribution in [0.15, 0.2) is 58.1 Å². The Kier molecular flexibility index (Phi) is 5.61. The summed E-state index contributed by atoms with van der Waals surface area (Å²) in [6.07, 6.45) is 1.42. The first kappa shape index (κ1) is 18.7. The predicted molar refractivity (Wildman–Crippen MR) is 108 cm³/mol. The highest BCUT2D eigenvalue weighted by molar-refractivity contribution is 9.10. The van der Waals surface area contributed by atoms with E-state index in [1.54, 1.807) is 18.2 Å². The number of hydrogen-bond donors (Lipinski definition) is 3. The number of amides is 1. The minimum absolute atomic E-state index is 0.00555. The highest BCUT2D eigenvalue weighted by Crippen LogP contribution is 2.32. The van der Waals surface area contributed by atoms with E-state index in [0.717, 1.165) is 10.8 Å². The molecule has 6 nitrogen and oxygen atoms in total. The van der Waals surface area contributed by atoms with E-state index >= 15 is 0 Å². The summed E-state index contributed by atoms with van der Waals surface area (Å²) in [6.45, 7) is 2.22. The SMILES string of the molecule is CCOc1cc(/C=N/NC(=O)c2cc3ccccc3cc2O)c(Br)cc1O. The van der Waals surface area contributed by atoms with Crippen molar-refractivity contribution in [3.63, 3.8) is 0 Å². The first-order valence-corrected chi connectivity index (χ1v) is 8.99. The van der Waals surface area contributed by atoms with Gasteiger partial charge in [0.05, 0.1) is 18.4 Å². The molecule has 0 fully saturated rings. The molecule has 0 unspecified atom stereocenters. The van der Waals surface area contributed by atoms with Crippen molar-refractivity contribution in [3.8, 4) is 17.2 Å². The van der Waals surface area contributed by atoms with Crippen LogP contribution in [0.2, 0.25) is 0 Å². The molecule has 0 aromatic heterocycles. The van der Waals surface area contributed by atoms with E-state index in [1.807, 2.05) is 31.2 Å². The molecule has 0 aliphatic rings. The van der Waals surface area contributed by atoms with E-state index in [1.165, 1.54) is 12.3 Å². The first-order valence-electron chi connectivity index (χ1n) is 8.20. The van der Waals surface area contributed by atoms with Crippen LogP contribution in [0.1, 0.15) is 22.8 Å². The van der Waals surface area contributed by atoms with Gasteiger partial charge in [0, 0.05) is 10.0 Å². The number of benzene rings is 3. The van der Waals surface area contributed by atoms with Crippen molar-refractivity contribution >= 4 is 38.8 Å². The van der Waals surface area contributed by atoms with Crippen LogP contribution in [0.5, 0.6) is 17.2 Å². The number of halogens is 1. The van der Waals surface area contributed by atoms with Gasteiger partial charge in [0.25, 0.3) is 5.91 Å². The smallest absolute Gasteiger partial charge is 0.275 e. The van der Waals surface area contributed by atoms with Crippen molar-refractivity contribution in [1.82, 2.24) is 5.43 Å². The molecule has 3 aromatic rings. The van der Waals surface area contributed by atoms with Crippen molar-refractivity contribution in [1.29, 1.82) is 0 Å². The lowest BCUT2D eigenvalue weighted by atomic mass is 10.1. The van der Waals surface area contributed by atoms with Gasteiger partial charge in [-0.15, -0.1) is 0 Å². The Labute approximate surface area is 164 Å². The van der Waals surface area contributed by atoms with Crippen molar-refractivity contribution < 1.29 is 19.7 Å². The number of rotatable bonds is 5. The summed E-state index contributed by atoms with van der Waals surface area (Å²) in [4.78, 5) is 12.3. The van der Waals surface area contributed by atoms with Crippen LogP contribution < -0.4 is 10.2 Å². The quantitative estimate of drug-likeness (QED) is 0.419. The van der Waals surface area contributed by atoms with E-state index in [9.17, 15) is 15.0 Å². The van der Waals surface area contributed by atoms with Gasteiger partial charge in [0.1, 0.15) is 5.75 Å². The number of nitrogens with zero attached hydrogens (tertiary/aromatic N) is 1. The van der Waals surface area contributed by atoms with Gasteiger partial charge in [-0.2, -0.15) is 5.10 Å². The zero-order chi connectivity index (χ0) is 19.4. The Hall–Kier alpha value is -3.06. The Balaban J connectivity index is 1.80. The summed E-state index contributed by atoms with van der Waals surface area (Å²) >= 11 is 3.32. The van der Waals surface area contributed by atoms with Gasteiger partial charge >= 0.3 is 0 Å². The van der Waals surface area contributed by atoms with Crippen LogP contribution in [-0.2, 0) is 0 Å². The molecule has 0 spiro atoms. The molecule has 0 saturated carbocycles. The van der Waals surface area contributed by atoms with Crippen molar-refractivity contribution in [2.75, 3.05) is 6.61 Å². The molecule has 0 radical (unpaired) electrons. The minimum atomic E-state index is -0.533. The van der Waals surface area contributed by atoms with Crippen LogP contribution in [0.4, 0.5) is 0 Å². The molecule has 138 valence electrons. The molecular weight excluding hydrogens is 412 g/mol. The van der Waals surface area contributed by atoms with Gasteiger partial charge < -0.3 is 14.9 Å². The van der Waals surface area contributed by atoms with Gasteiger partial charge in [-0.25, -0.2) is 5.43 Å². The fourth-order valence-corrected chi connectivity index (χ4v) is 2.99. The molecule has 7 heteroatoms. The van der Waals surface area contributed by atoms with Crippen molar-refractivity contribution in [3.05, 3.63) is 64.1 Å². The van der Waals surface area contributed by atoms with Crippen LogP contribution in [-0.4, -0.2) is 28.9 Å². The minimum Gasteiger partial charge on any atom is -0.507 e. The topological polar surface area (TPSA) is 91.2 Å². The van der Waals surface area contributed by atoms with Crippen LogP contribution in [0.25, 0.3) is 10.8 Å². The summed E-state index contributed by atoms with van der Waals surface area (Å²) in [6, 6.07) is 13.7. The Morgan fingerprint density at radius 1 is 1.15 bits per heavy atom. The number of hydrogen-bond acceptors (Lipinski definition) is 5. The summed E-state index contributed by atoms with van der Waals surface area (Å²) < 4.78 is 5.93. The van der Waals surface area contributed by atoms with Gasteiger partial charge in [-0.3, -0.25) is 4.79 Å². The van der Waals surface area contributed by atoms with E-state index in [-0.39, 0.29) is 17.1 Å². The van der Waals surface area contributed by atoms with E-state index in [2.05, 4.69) is 26.5 Å².